The Bertz CT molecular complexity index is 1380. The van der Waals surface area contributed by atoms with Crippen molar-refractivity contribution in [2.24, 2.45) is 0 Å². The van der Waals surface area contributed by atoms with Crippen LogP contribution in [0.15, 0.2) is 59.9 Å². The van der Waals surface area contributed by atoms with Crippen molar-refractivity contribution < 1.29 is 18.7 Å². The first-order chi connectivity index (χ1) is 16.1. The molecule has 33 heavy (non-hydrogen) atoms. The maximum absolute atomic E-state index is 13.4. The van der Waals surface area contributed by atoms with Crippen LogP contribution < -0.4 is 20.1 Å². The first-order valence-corrected chi connectivity index (χ1v) is 10.7. The van der Waals surface area contributed by atoms with Crippen molar-refractivity contribution >= 4 is 46.2 Å². The number of aromatic nitrogens is 3. The van der Waals surface area contributed by atoms with E-state index >= 15 is 0 Å². The molecule has 0 fully saturated rings. The van der Waals surface area contributed by atoms with E-state index in [4.69, 9.17) is 4.74 Å². The zero-order valence-corrected chi connectivity index (χ0v) is 17.8. The average Bonchev–Trinajstić information content (AvgIpc) is 3.24. The minimum atomic E-state index is -0.383. The second-order valence-corrected chi connectivity index (χ2v) is 8.04. The Labute approximate surface area is 191 Å². The van der Waals surface area contributed by atoms with Crippen LogP contribution in [0.4, 0.5) is 15.8 Å². The van der Waals surface area contributed by atoms with Crippen LogP contribution in [0.25, 0.3) is 11.0 Å². The predicted molar refractivity (Wildman–Crippen MR) is 122 cm³/mol. The Morgan fingerprint density at radius 1 is 1.21 bits per heavy atom. The number of rotatable bonds is 6. The van der Waals surface area contributed by atoms with Crippen LogP contribution in [0.1, 0.15) is 16.1 Å². The fraction of sp³-hybridized carbons (Fsp3) is 0.0909. The van der Waals surface area contributed by atoms with Crippen molar-refractivity contribution in [2.45, 2.75) is 11.4 Å². The number of nitrogens with zero attached hydrogens (tertiary/aromatic N) is 2. The van der Waals surface area contributed by atoms with Crippen LogP contribution in [-0.2, 0) is 11.3 Å². The van der Waals surface area contributed by atoms with E-state index < -0.39 is 0 Å². The molecule has 11 heteroatoms. The lowest BCUT2D eigenvalue weighted by atomic mass is 10.1. The molecular weight excluding hydrogens is 447 g/mol. The largest absolute Gasteiger partial charge is 0.482 e. The average molecular weight is 464 g/mol. The van der Waals surface area contributed by atoms with Crippen LogP contribution >= 0.6 is 11.9 Å². The zero-order valence-electron chi connectivity index (χ0n) is 17.0. The van der Waals surface area contributed by atoms with Gasteiger partial charge in [0.1, 0.15) is 23.4 Å². The number of ether oxygens (including phenoxy) is 1. The Balaban J connectivity index is 1.29. The van der Waals surface area contributed by atoms with E-state index in [1.54, 1.807) is 30.5 Å². The molecule has 2 aromatic carbocycles. The molecule has 166 valence electrons. The van der Waals surface area contributed by atoms with Gasteiger partial charge < -0.3 is 25.1 Å². The number of fused-ring (bicyclic) bond motifs is 2. The minimum Gasteiger partial charge on any atom is -0.482 e. The Morgan fingerprint density at radius 2 is 2.12 bits per heavy atom. The van der Waals surface area contributed by atoms with Crippen molar-refractivity contribution in [3.63, 3.8) is 0 Å². The summed E-state index contributed by atoms with van der Waals surface area (Å²) in [5, 5.41) is 5.57. The molecule has 3 heterocycles. The van der Waals surface area contributed by atoms with Gasteiger partial charge in [0.25, 0.3) is 11.8 Å². The molecule has 5 rings (SSSR count). The van der Waals surface area contributed by atoms with Crippen LogP contribution in [0, 0.1) is 5.82 Å². The smallest absolute Gasteiger partial charge is 0.272 e. The lowest BCUT2D eigenvalue weighted by Gasteiger charge is -2.18. The van der Waals surface area contributed by atoms with Crippen LogP contribution in [-0.4, -0.2) is 33.4 Å². The lowest BCUT2D eigenvalue weighted by molar-refractivity contribution is -0.118. The van der Waals surface area contributed by atoms with Crippen LogP contribution in [0.2, 0.25) is 0 Å². The van der Waals surface area contributed by atoms with E-state index in [1.807, 2.05) is 6.07 Å². The summed E-state index contributed by atoms with van der Waals surface area (Å²) in [5.41, 5.74) is 3.20. The standard InChI is InChI=1S/C22H17FN6O3S/c23-13-2-1-3-14(7-13)33-29-16-9-24-20-19(16)26-11-27-21(20)22(31)25-8-12-4-5-17-15(6-12)28-18(30)10-32-17/h1-7,9,11,24,29H,8,10H2,(H,25,31)(H,28,30). The first-order valence-electron chi connectivity index (χ1n) is 9.91. The van der Waals surface area contributed by atoms with Gasteiger partial charge in [-0.2, -0.15) is 0 Å². The number of benzene rings is 2. The second kappa shape index (κ2) is 8.79. The summed E-state index contributed by atoms with van der Waals surface area (Å²) < 4.78 is 21.8. The number of halogens is 1. The molecule has 0 atom stereocenters. The van der Waals surface area contributed by atoms with Gasteiger partial charge in [-0.3, -0.25) is 9.59 Å². The van der Waals surface area contributed by atoms with Crippen molar-refractivity contribution in [3.05, 3.63) is 72.1 Å². The van der Waals surface area contributed by atoms with Gasteiger partial charge in [-0.15, -0.1) is 0 Å². The summed E-state index contributed by atoms with van der Waals surface area (Å²) in [5.74, 6) is -0.342. The van der Waals surface area contributed by atoms with Gasteiger partial charge >= 0.3 is 0 Å². The maximum atomic E-state index is 13.4. The number of hydrogen-bond donors (Lipinski definition) is 4. The van der Waals surface area contributed by atoms with Gasteiger partial charge in [-0.1, -0.05) is 12.1 Å². The van der Waals surface area contributed by atoms with Gasteiger partial charge in [-0.25, -0.2) is 14.4 Å². The maximum Gasteiger partial charge on any atom is 0.272 e. The fourth-order valence-corrected chi connectivity index (χ4v) is 4.04. The van der Waals surface area contributed by atoms with Gasteiger partial charge in [0.15, 0.2) is 12.3 Å². The highest BCUT2D eigenvalue weighted by Crippen LogP contribution is 2.29. The summed E-state index contributed by atoms with van der Waals surface area (Å²) in [7, 11) is 0. The fourth-order valence-electron chi connectivity index (χ4n) is 3.34. The van der Waals surface area contributed by atoms with E-state index in [9.17, 15) is 14.0 Å². The number of carbonyl (C=O) groups is 2. The molecule has 0 spiro atoms. The highest BCUT2D eigenvalue weighted by atomic mass is 32.2. The van der Waals surface area contributed by atoms with Gasteiger partial charge in [0.2, 0.25) is 0 Å². The quantitative estimate of drug-likeness (QED) is 0.322. The Kier molecular flexibility index (Phi) is 5.53. The van der Waals surface area contributed by atoms with Gasteiger partial charge in [0.05, 0.1) is 16.9 Å². The molecule has 0 bridgehead atoms. The number of amides is 2. The first kappa shape index (κ1) is 20.8. The van der Waals surface area contributed by atoms with Gasteiger partial charge in [0, 0.05) is 17.6 Å². The van der Waals surface area contributed by atoms with E-state index in [1.165, 1.54) is 30.4 Å². The number of H-pyrrole nitrogens is 1. The van der Waals surface area contributed by atoms with Crippen molar-refractivity contribution in [1.29, 1.82) is 0 Å². The summed E-state index contributed by atoms with van der Waals surface area (Å²) in [6, 6.07) is 11.5. The monoisotopic (exact) mass is 464 g/mol. The molecule has 2 amide bonds. The third kappa shape index (κ3) is 4.44. The second-order valence-electron chi connectivity index (χ2n) is 7.16. The van der Waals surface area contributed by atoms with Crippen LogP contribution in [0.5, 0.6) is 5.75 Å². The zero-order chi connectivity index (χ0) is 22.8. The molecule has 0 saturated heterocycles. The molecule has 0 saturated carbocycles. The summed E-state index contributed by atoms with van der Waals surface area (Å²) in [6.07, 6.45) is 2.99. The van der Waals surface area contributed by atoms with E-state index in [0.29, 0.717) is 33.1 Å². The highest BCUT2D eigenvalue weighted by Gasteiger charge is 2.18. The van der Waals surface area contributed by atoms with E-state index in [-0.39, 0.29) is 36.5 Å². The van der Waals surface area contributed by atoms with E-state index in [2.05, 4.69) is 30.3 Å². The Hall–Kier alpha value is -4.12. The summed E-state index contributed by atoms with van der Waals surface area (Å²) in [6.45, 7) is 0.218. The molecule has 0 radical (unpaired) electrons. The van der Waals surface area contributed by atoms with Crippen molar-refractivity contribution in [2.75, 3.05) is 16.6 Å². The molecule has 0 aliphatic carbocycles. The SMILES string of the molecule is O=C1COc2ccc(CNC(=O)c3ncnc4c(NSc5cccc(F)c5)c[nH]c34)cc2N1. The number of hydrogen-bond acceptors (Lipinski definition) is 7. The number of anilines is 2. The molecule has 4 aromatic rings. The molecule has 9 nitrogen and oxygen atoms in total. The van der Waals surface area contributed by atoms with Crippen molar-refractivity contribution in [3.8, 4) is 5.75 Å². The molecule has 2 aromatic heterocycles. The topological polar surface area (TPSA) is 121 Å². The molecule has 0 unspecified atom stereocenters. The van der Waals surface area contributed by atoms with E-state index in [0.717, 1.165) is 5.56 Å². The molecule has 4 N–H and O–H groups in total. The summed E-state index contributed by atoms with van der Waals surface area (Å²) >= 11 is 1.23. The molecule has 1 aliphatic rings. The summed E-state index contributed by atoms with van der Waals surface area (Å²) in [4.78, 5) is 36.4. The normalized spacial score (nSPS) is 12.6. The highest BCUT2D eigenvalue weighted by molar-refractivity contribution is 8.00. The predicted octanol–water partition coefficient (Wildman–Crippen LogP) is 3.48. The number of nitrogens with one attached hydrogen (secondary N) is 4. The van der Waals surface area contributed by atoms with Gasteiger partial charge in [-0.05, 0) is 47.8 Å². The molecule has 1 aliphatic heterocycles. The third-order valence-electron chi connectivity index (χ3n) is 4.88. The number of aromatic amines is 1. The van der Waals surface area contributed by atoms with Crippen molar-refractivity contribution in [1.82, 2.24) is 20.3 Å². The minimum absolute atomic E-state index is 0.0134. The molecular formula is C22H17FN6O3S. The third-order valence-corrected chi connectivity index (χ3v) is 5.69. The Morgan fingerprint density at radius 3 is 3.00 bits per heavy atom. The van der Waals surface area contributed by atoms with Crippen LogP contribution in [0.3, 0.4) is 0 Å². The lowest BCUT2D eigenvalue weighted by Crippen LogP contribution is -2.26. The number of carbonyl (C=O) groups excluding carboxylic acids is 2.